The maximum atomic E-state index is 13.4. The molecule has 0 saturated heterocycles. The number of nitrogens with one attached hydrogen (secondary N) is 1. The highest BCUT2D eigenvalue weighted by Crippen LogP contribution is 2.39. The molecule has 0 aliphatic heterocycles. The summed E-state index contributed by atoms with van der Waals surface area (Å²) in [6.45, 7) is 0. The van der Waals surface area contributed by atoms with Gasteiger partial charge in [-0.3, -0.25) is 0 Å². The zero-order valence-corrected chi connectivity index (χ0v) is 14.1. The fraction of sp³-hybridized carbons (Fsp3) is 0. The molecule has 0 saturated carbocycles. The molecule has 0 unspecified atom stereocenters. The van der Waals surface area contributed by atoms with Crippen LogP contribution >= 0.6 is 11.3 Å². The Kier molecular flexibility index (Phi) is 3.22. The molecule has 0 spiro atoms. The van der Waals surface area contributed by atoms with Gasteiger partial charge in [0.05, 0.1) is 0 Å². The highest BCUT2D eigenvalue weighted by atomic mass is 32.1. The first-order chi connectivity index (χ1) is 12.3. The van der Waals surface area contributed by atoms with Gasteiger partial charge in [-0.1, -0.05) is 36.4 Å². The molecule has 0 radical (unpaired) electrons. The number of rotatable bonds is 2. The van der Waals surface area contributed by atoms with Crippen LogP contribution in [0.5, 0.6) is 0 Å². The Morgan fingerprint density at radius 2 is 1.52 bits per heavy atom. The van der Waals surface area contributed by atoms with Crippen LogP contribution in [0.3, 0.4) is 0 Å². The summed E-state index contributed by atoms with van der Waals surface area (Å²) in [6.07, 6.45) is 0. The van der Waals surface area contributed by atoms with Gasteiger partial charge in [0.25, 0.3) is 0 Å². The van der Waals surface area contributed by atoms with Crippen LogP contribution in [-0.4, -0.2) is 0 Å². The Morgan fingerprint density at radius 3 is 2.48 bits per heavy atom. The van der Waals surface area contributed by atoms with Crippen molar-refractivity contribution in [2.24, 2.45) is 0 Å². The van der Waals surface area contributed by atoms with Crippen molar-refractivity contribution in [3.8, 4) is 0 Å². The number of fused-ring (bicyclic) bond motifs is 4. The Bertz CT molecular complexity index is 1240. The standard InChI is InChI=1S/C22H14FNS/c23-16-10-8-15-13-17(11-9-14(15)12-16)24-19-5-3-7-21-22(19)18-4-1-2-6-20(18)25-21/h1-13,24H. The molecule has 0 amide bonds. The predicted molar refractivity (Wildman–Crippen MR) is 107 cm³/mol. The first-order valence-electron chi connectivity index (χ1n) is 8.14. The van der Waals surface area contributed by atoms with Crippen molar-refractivity contribution in [3.05, 3.63) is 84.7 Å². The van der Waals surface area contributed by atoms with Crippen molar-refractivity contribution in [1.82, 2.24) is 0 Å². The number of halogens is 1. The SMILES string of the molecule is Fc1ccc2cc(Nc3cccc4sc5ccccc5c34)ccc2c1. The molecule has 0 atom stereocenters. The van der Waals surface area contributed by atoms with Crippen molar-refractivity contribution in [2.75, 3.05) is 5.32 Å². The molecule has 1 heterocycles. The number of hydrogen-bond acceptors (Lipinski definition) is 2. The van der Waals surface area contributed by atoms with Crippen molar-refractivity contribution in [1.29, 1.82) is 0 Å². The second-order valence-corrected chi connectivity index (χ2v) is 7.19. The van der Waals surface area contributed by atoms with Crippen LogP contribution in [0.1, 0.15) is 0 Å². The molecule has 120 valence electrons. The average Bonchev–Trinajstić information content (AvgIpc) is 3.01. The monoisotopic (exact) mass is 343 g/mol. The topological polar surface area (TPSA) is 12.0 Å². The summed E-state index contributed by atoms with van der Waals surface area (Å²) in [6, 6.07) is 25.7. The van der Waals surface area contributed by atoms with Crippen molar-refractivity contribution >= 4 is 53.7 Å². The van der Waals surface area contributed by atoms with Crippen LogP contribution < -0.4 is 5.32 Å². The third kappa shape index (κ3) is 2.44. The van der Waals surface area contributed by atoms with Gasteiger partial charge in [0, 0.05) is 31.5 Å². The van der Waals surface area contributed by atoms with Crippen LogP contribution in [-0.2, 0) is 0 Å². The van der Waals surface area contributed by atoms with Gasteiger partial charge < -0.3 is 5.32 Å². The molecule has 1 aromatic heterocycles. The molecular formula is C22H14FNS. The summed E-state index contributed by atoms with van der Waals surface area (Å²) < 4.78 is 15.9. The summed E-state index contributed by atoms with van der Waals surface area (Å²) >= 11 is 1.81. The quantitative estimate of drug-likeness (QED) is 0.361. The third-order valence-corrected chi connectivity index (χ3v) is 5.62. The van der Waals surface area contributed by atoms with Crippen LogP contribution in [0.4, 0.5) is 15.8 Å². The maximum Gasteiger partial charge on any atom is 0.123 e. The summed E-state index contributed by atoms with van der Waals surface area (Å²) in [5.74, 6) is -0.206. The minimum absolute atomic E-state index is 0.206. The largest absolute Gasteiger partial charge is 0.355 e. The van der Waals surface area contributed by atoms with Gasteiger partial charge in [-0.25, -0.2) is 4.39 Å². The highest BCUT2D eigenvalue weighted by Gasteiger charge is 2.09. The highest BCUT2D eigenvalue weighted by molar-refractivity contribution is 7.25. The lowest BCUT2D eigenvalue weighted by molar-refractivity contribution is 0.630. The lowest BCUT2D eigenvalue weighted by Crippen LogP contribution is -1.91. The maximum absolute atomic E-state index is 13.4. The summed E-state index contributed by atoms with van der Waals surface area (Å²) in [4.78, 5) is 0. The van der Waals surface area contributed by atoms with Crippen molar-refractivity contribution in [2.45, 2.75) is 0 Å². The first-order valence-corrected chi connectivity index (χ1v) is 8.96. The molecule has 5 aromatic rings. The number of anilines is 2. The molecule has 1 N–H and O–H groups in total. The minimum Gasteiger partial charge on any atom is -0.355 e. The van der Waals surface area contributed by atoms with Gasteiger partial charge in [-0.05, 0) is 53.2 Å². The summed E-state index contributed by atoms with van der Waals surface area (Å²) in [5, 5.41) is 8.00. The molecule has 0 fully saturated rings. The average molecular weight is 343 g/mol. The smallest absolute Gasteiger partial charge is 0.123 e. The molecule has 1 nitrogen and oxygen atoms in total. The van der Waals surface area contributed by atoms with Crippen LogP contribution in [0.15, 0.2) is 78.9 Å². The fourth-order valence-corrected chi connectivity index (χ4v) is 4.46. The van der Waals surface area contributed by atoms with Crippen molar-refractivity contribution in [3.63, 3.8) is 0 Å². The second-order valence-electron chi connectivity index (χ2n) is 6.11. The van der Waals surface area contributed by atoms with Crippen molar-refractivity contribution < 1.29 is 4.39 Å². The summed E-state index contributed by atoms with van der Waals surface area (Å²) in [7, 11) is 0. The van der Waals surface area contributed by atoms with Gasteiger partial charge in [-0.2, -0.15) is 0 Å². The Balaban J connectivity index is 1.65. The second kappa shape index (κ2) is 5.57. The van der Waals surface area contributed by atoms with Crippen LogP contribution in [0.2, 0.25) is 0 Å². The van der Waals surface area contributed by atoms with E-state index in [2.05, 4.69) is 53.8 Å². The van der Waals surface area contributed by atoms with E-state index >= 15 is 0 Å². The molecule has 0 bridgehead atoms. The van der Waals surface area contributed by atoms with E-state index in [9.17, 15) is 4.39 Å². The predicted octanol–water partition coefficient (Wildman–Crippen LogP) is 7.09. The Labute approximate surface area is 148 Å². The number of thiophene rings is 1. The van der Waals surface area contributed by atoms with Gasteiger partial charge in [0.2, 0.25) is 0 Å². The first kappa shape index (κ1) is 14.4. The Morgan fingerprint density at radius 1 is 0.720 bits per heavy atom. The van der Waals surface area contributed by atoms with Gasteiger partial charge in [-0.15, -0.1) is 11.3 Å². The van der Waals surface area contributed by atoms with E-state index in [0.717, 1.165) is 22.1 Å². The molecular weight excluding hydrogens is 329 g/mol. The zero-order chi connectivity index (χ0) is 16.8. The zero-order valence-electron chi connectivity index (χ0n) is 13.3. The van der Waals surface area contributed by atoms with E-state index in [0.29, 0.717) is 0 Å². The number of benzene rings is 4. The molecule has 0 aliphatic rings. The normalized spacial score (nSPS) is 11.4. The van der Waals surface area contributed by atoms with E-state index in [1.165, 1.54) is 26.2 Å². The Hall–Kier alpha value is -2.91. The van der Waals surface area contributed by atoms with Gasteiger partial charge >= 0.3 is 0 Å². The molecule has 5 rings (SSSR count). The van der Waals surface area contributed by atoms with E-state index in [-0.39, 0.29) is 5.82 Å². The minimum atomic E-state index is -0.206. The molecule has 4 aromatic carbocycles. The lowest BCUT2D eigenvalue weighted by atomic mass is 10.1. The van der Waals surface area contributed by atoms with Crippen LogP contribution in [0.25, 0.3) is 30.9 Å². The van der Waals surface area contributed by atoms with E-state index in [1.54, 1.807) is 6.07 Å². The lowest BCUT2D eigenvalue weighted by Gasteiger charge is -2.10. The molecule has 25 heavy (non-hydrogen) atoms. The van der Waals surface area contributed by atoms with E-state index < -0.39 is 0 Å². The van der Waals surface area contributed by atoms with Gasteiger partial charge in [0.15, 0.2) is 0 Å². The molecule has 0 aliphatic carbocycles. The van der Waals surface area contributed by atoms with Crippen LogP contribution in [0, 0.1) is 5.82 Å². The fourth-order valence-electron chi connectivity index (χ4n) is 3.33. The van der Waals surface area contributed by atoms with Gasteiger partial charge in [0.1, 0.15) is 5.82 Å². The number of hydrogen-bond donors (Lipinski definition) is 1. The molecule has 3 heteroatoms. The third-order valence-electron chi connectivity index (χ3n) is 4.48. The summed E-state index contributed by atoms with van der Waals surface area (Å²) in [5.41, 5.74) is 2.10. The van der Waals surface area contributed by atoms with E-state index in [1.807, 2.05) is 29.5 Å². The van der Waals surface area contributed by atoms with E-state index in [4.69, 9.17) is 0 Å².